The minimum Gasteiger partial charge on any atom is -0.496 e. The Bertz CT molecular complexity index is 1510. The summed E-state index contributed by atoms with van der Waals surface area (Å²) in [5.74, 6) is -1.75. The van der Waals surface area contributed by atoms with Crippen LogP contribution in [0.4, 0.5) is 4.79 Å². The molecule has 3 N–H and O–H groups in total. The Morgan fingerprint density at radius 2 is 1.70 bits per heavy atom. The highest BCUT2D eigenvalue weighted by Gasteiger charge is 2.56. The van der Waals surface area contributed by atoms with Crippen molar-refractivity contribution < 1.29 is 43.0 Å². The minimum atomic E-state index is -1.24. The Kier molecular flexibility index (Phi) is 11.1. The maximum Gasteiger partial charge on any atom is 0.408 e. The molecule has 5 rings (SSSR count). The van der Waals surface area contributed by atoms with Crippen molar-refractivity contribution in [3.8, 4) is 5.75 Å². The van der Waals surface area contributed by atoms with Crippen LogP contribution < -0.4 is 20.7 Å². The molecular weight excluding hydrogens is 646 g/mol. The van der Waals surface area contributed by atoms with Gasteiger partial charge in [-0.15, -0.1) is 0 Å². The zero-order valence-electron chi connectivity index (χ0n) is 30.2. The van der Waals surface area contributed by atoms with Gasteiger partial charge in [0.05, 0.1) is 31.0 Å². The van der Waals surface area contributed by atoms with Crippen molar-refractivity contribution in [2.24, 2.45) is 11.1 Å². The van der Waals surface area contributed by atoms with Crippen LogP contribution >= 0.6 is 0 Å². The Hall–Kier alpha value is -4.20. The number of Topliss-reactive ketones (excluding diaryl/α,β-unsaturated/α-hetero) is 1. The van der Waals surface area contributed by atoms with Gasteiger partial charge in [0.15, 0.2) is 5.60 Å². The van der Waals surface area contributed by atoms with Gasteiger partial charge in [-0.2, -0.15) is 0 Å². The monoisotopic (exact) mass is 697 g/mol. The lowest BCUT2D eigenvalue weighted by Crippen LogP contribution is -2.62. The normalized spacial score (nSPS) is 23.1. The molecule has 4 atom stereocenters. The Labute approximate surface area is 293 Å². The summed E-state index contributed by atoms with van der Waals surface area (Å²) >= 11 is 0. The molecule has 0 radical (unpaired) electrons. The van der Waals surface area contributed by atoms with Crippen LogP contribution in [0.3, 0.4) is 0 Å². The molecule has 3 fully saturated rings. The van der Waals surface area contributed by atoms with Crippen molar-refractivity contribution in [2.75, 3.05) is 27.8 Å². The molecule has 50 heavy (non-hydrogen) atoms. The summed E-state index contributed by atoms with van der Waals surface area (Å²) < 4.78 is 16.9. The van der Waals surface area contributed by atoms with E-state index < -0.39 is 58.9 Å². The Morgan fingerprint density at radius 3 is 2.28 bits per heavy atom. The largest absolute Gasteiger partial charge is 0.496 e. The van der Waals surface area contributed by atoms with Gasteiger partial charge in [0.2, 0.25) is 17.6 Å². The number of nitrogens with one attached hydrogen (secondary N) is 3. The number of aryl methyl sites for hydroxylation is 2. The first-order chi connectivity index (χ1) is 23.7. The number of hydrogen-bond donors (Lipinski definition) is 3. The number of likely N-dealkylation sites (N-methyl/N-ethyl adjacent to an activating group) is 1. The quantitative estimate of drug-likeness (QED) is 0.262. The number of rotatable bonds is 13. The molecule has 0 unspecified atom stereocenters. The maximum absolute atomic E-state index is 14.6. The molecule has 1 aromatic rings. The highest BCUT2D eigenvalue weighted by molar-refractivity contribution is 6.38. The molecule has 1 aromatic carbocycles. The van der Waals surface area contributed by atoms with Crippen LogP contribution in [0.25, 0.3) is 0 Å². The molecule has 2 heterocycles. The van der Waals surface area contributed by atoms with E-state index in [9.17, 15) is 24.0 Å². The third-order valence-electron chi connectivity index (χ3n) is 10.5. The summed E-state index contributed by atoms with van der Waals surface area (Å²) in [6.07, 6.45) is 4.91. The van der Waals surface area contributed by atoms with Crippen molar-refractivity contribution in [3.05, 3.63) is 28.8 Å². The highest BCUT2D eigenvalue weighted by atomic mass is 16.7. The highest BCUT2D eigenvalue weighted by Crippen LogP contribution is 2.41. The van der Waals surface area contributed by atoms with Gasteiger partial charge in [0.1, 0.15) is 23.9 Å². The van der Waals surface area contributed by atoms with E-state index in [0.717, 1.165) is 61.0 Å². The van der Waals surface area contributed by atoms with E-state index in [4.69, 9.17) is 19.0 Å². The third-order valence-corrected chi connectivity index (χ3v) is 10.5. The van der Waals surface area contributed by atoms with Crippen molar-refractivity contribution in [1.82, 2.24) is 20.9 Å². The number of alkyl carbamates (subject to hydrolysis) is 1. The third kappa shape index (κ3) is 8.06. The average Bonchev–Trinajstić information content (AvgIpc) is 3.43. The first kappa shape index (κ1) is 37.1. The van der Waals surface area contributed by atoms with Gasteiger partial charge in [-0.25, -0.2) is 4.79 Å². The average molecular weight is 698 g/mol. The molecule has 14 nitrogen and oxygen atoms in total. The van der Waals surface area contributed by atoms with E-state index in [1.807, 2.05) is 26.0 Å². The molecule has 2 saturated carbocycles. The molecule has 0 bridgehead atoms. The fourth-order valence-corrected chi connectivity index (χ4v) is 7.32. The molecule has 2 aliphatic carbocycles. The Morgan fingerprint density at radius 1 is 1.04 bits per heavy atom. The van der Waals surface area contributed by atoms with Crippen LogP contribution in [0.2, 0.25) is 0 Å². The molecule has 4 amide bonds. The van der Waals surface area contributed by atoms with E-state index >= 15 is 0 Å². The summed E-state index contributed by atoms with van der Waals surface area (Å²) in [7, 11) is 4.42. The van der Waals surface area contributed by atoms with Crippen LogP contribution in [0.1, 0.15) is 88.3 Å². The number of amides is 4. The first-order valence-corrected chi connectivity index (χ1v) is 17.5. The van der Waals surface area contributed by atoms with Crippen LogP contribution in [0.5, 0.6) is 5.75 Å². The van der Waals surface area contributed by atoms with Crippen molar-refractivity contribution in [1.29, 1.82) is 0 Å². The number of ether oxygens (including phenoxy) is 3. The lowest BCUT2D eigenvalue weighted by molar-refractivity contribution is -0.147. The van der Waals surface area contributed by atoms with Gasteiger partial charge in [-0.05, 0) is 89.0 Å². The number of oxime groups is 1. The number of likely N-dealkylation sites (tertiary alicyclic amines) is 1. The molecule has 0 aromatic heterocycles. The fraction of sp³-hybridized carbons (Fsp3) is 0.667. The summed E-state index contributed by atoms with van der Waals surface area (Å²) in [6, 6.07) is 0.502. The topological polar surface area (TPSA) is 174 Å². The van der Waals surface area contributed by atoms with Crippen molar-refractivity contribution >= 4 is 35.3 Å². The van der Waals surface area contributed by atoms with Crippen LogP contribution in [-0.4, -0.2) is 103 Å². The van der Waals surface area contributed by atoms with Gasteiger partial charge < -0.3 is 39.9 Å². The van der Waals surface area contributed by atoms with Crippen molar-refractivity contribution in [2.45, 2.75) is 121 Å². The van der Waals surface area contributed by atoms with Crippen molar-refractivity contribution in [3.63, 3.8) is 0 Å². The zero-order chi connectivity index (χ0) is 36.4. The lowest BCUT2D eigenvalue weighted by atomic mass is 9.90. The van der Waals surface area contributed by atoms with Gasteiger partial charge in [-0.1, -0.05) is 18.0 Å². The minimum absolute atomic E-state index is 0.0304. The second-order valence-electron chi connectivity index (χ2n) is 14.7. The number of ketones is 1. The molecule has 2 aliphatic heterocycles. The van der Waals surface area contributed by atoms with Crippen LogP contribution in [0, 0.1) is 19.8 Å². The van der Waals surface area contributed by atoms with Gasteiger partial charge >= 0.3 is 6.09 Å². The molecule has 274 valence electrons. The van der Waals surface area contributed by atoms with E-state index in [-0.39, 0.29) is 25.0 Å². The number of nitrogens with zero attached hydrogens (tertiary/aromatic N) is 2. The van der Waals surface area contributed by atoms with E-state index in [1.165, 1.54) is 19.1 Å². The summed E-state index contributed by atoms with van der Waals surface area (Å²) in [5.41, 5.74) is 1.06. The van der Waals surface area contributed by atoms with Crippen LogP contribution in [-0.2, 0) is 33.5 Å². The molecule has 4 aliphatic rings. The summed E-state index contributed by atoms with van der Waals surface area (Å²) in [4.78, 5) is 74.8. The van der Waals surface area contributed by atoms with E-state index in [0.29, 0.717) is 18.6 Å². The molecular formula is C36H51N5O9. The van der Waals surface area contributed by atoms with E-state index in [2.05, 4.69) is 21.1 Å². The van der Waals surface area contributed by atoms with Gasteiger partial charge in [-0.3, -0.25) is 19.2 Å². The van der Waals surface area contributed by atoms with Crippen LogP contribution in [0.15, 0.2) is 17.3 Å². The smallest absolute Gasteiger partial charge is 0.408 e. The number of methoxy groups -OCH3 is 2. The zero-order valence-corrected chi connectivity index (χ0v) is 30.2. The van der Waals surface area contributed by atoms with E-state index in [1.54, 1.807) is 21.0 Å². The standard InChI is InChI=1S/C36H51N5O9/c1-20-14-23(15-21(2)29(20)47-6)26-17-36(50-40-26)18-27(31(43)38-25(16-22-12-13-22)28(42)32(44)37-5)41(19-36)33(45)30(35(3,4)48-7)39-34(46)49-24-10-8-9-11-24/h14-15,22,24-25,27,30H,8-13,16-19H2,1-7H3,(H,37,44)(H,38,43)(H,39,46)/t25-,27-,30+,36+/m0/s1. The maximum atomic E-state index is 14.6. The number of hydrogen-bond acceptors (Lipinski definition) is 10. The lowest BCUT2D eigenvalue weighted by Gasteiger charge is -2.36. The predicted octanol–water partition coefficient (Wildman–Crippen LogP) is 2.84. The Balaban J connectivity index is 1.44. The number of benzene rings is 1. The van der Waals surface area contributed by atoms with Gasteiger partial charge in [0, 0.05) is 32.6 Å². The summed E-state index contributed by atoms with van der Waals surface area (Å²) in [5, 5.41) is 12.3. The second kappa shape index (κ2) is 15.0. The number of carbonyl (C=O) groups is 5. The SMILES string of the molecule is CNC(=O)C(=O)[C@H](CC1CC1)NC(=O)[C@@H]1C[C@]2(CC(c3cc(C)c(OC)c(C)c3)=NO2)CN1C(=O)[C@@H](NC(=O)OC1CCCC1)C(C)(C)OC. The first-order valence-electron chi connectivity index (χ1n) is 17.5. The molecule has 14 heteroatoms. The summed E-state index contributed by atoms with van der Waals surface area (Å²) in [6.45, 7) is 7.19. The van der Waals surface area contributed by atoms with Gasteiger partial charge in [0.25, 0.3) is 5.91 Å². The fourth-order valence-electron chi connectivity index (χ4n) is 7.32. The second-order valence-corrected chi connectivity index (χ2v) is 14.7. The molecule has 1 saturated heterocycles. The molecule has 1 spiro atoms. The number of carbonyl (C=O) groups excluding carboxylic acids is 5. The predicted molar refractivity (Wildman–Crippen MR) is 183 cm³/mol.